The summed E-state index contributed by atoms with van der Waals surface area (Å²) in [5.41, 5.74) is 3.67. The van der Waals surface area contributed by atoms with Crippen molar-refractivity contribution in [3.63, 3.8) is 0 Å². The van der Waals surface area contributed by atoms with Gasteiger partial charge in [0, 0.05) is 37.7 Å². The van der Waals surface area contributed by atoms with E-state index in [1.165, 1.54) is 11.1 Å². The minimum atomic E-state index is 0.263. The van der Waals surface area contributed by atoms with Crippen LogP contribution in [-0.4, -0.2) is 71.0 Å². The van der Waals surface area contributed by atoms with Crippen LogP contribution in [0.2, 0.25) is 0 Å². The summed E-state index contributed by atoms with van der Waals surface area (Å²) in [5.74, 6) is 1.98. The molecular weight excluding hydrogens is 398 g/mol. The van der Waals surface area contributed by atoms with Crippen LogP contribution in [0.15, 0.2) is 23.4 Å². The molecule has 4 rings (SSSR count). The Balaban J connectivity index is 1.40. The smallest absolute Gasteiger partial charge is 0.191 e. The number of aromatic nitrogens is 3. The van der Waals surface area contributed by atoms with E-state index in [2.05, 4.69) is 57.0 Å². The number of morpholine rings is 1. The van der Waals surface area contributed by atoms with E-state index < -0.39 is 0 Å². The Morgan fingerprint density at radius 1 is 1.17 bits per heavy atom. The van der Waals surface area contributed by atoms with Gasteiger partial charge in [0.05, 0.1) is 32.4 Å². The standard InChI is InChI=1S/C22H33N5O2S/c1-17-5-6-20(18(2)14-17)23-15-21-24-25-22(27(21)16-19-4-3-10-29-19)30-13-9-26-7-11-28-12-8-26/h5-6,14,19,23H,3-4,7-13,15-16H2,1-2H3/t19-/m1/s1. The Bertz CT molecular complexity index is 816. The van der Waals surface area contributed by atoms with Crippen molar-refractivity contribution in [2.45, 2.75) is 51.0 Å². The highest BCUT2D eigenvalue weighted by molar-refractivity contribution is 7.99. The molecule has 8 heteroatoms. The van der Waals surface area contributed by atoms with Crippen LogP contribution in [-0.2, 0) is 22.6 Å². The summed E-state index contributed by atoms with van der Waals surface area (Å²) >= 11 is 1.80. The first-order valence-corrected chi connectivity index (χ1v) is 12.0. The average Bonchev–Trinajstić information content (AvgIpc) is 3.39. The van der Waals surface area contributed by atoms with Gasteiger partial charge in [-0.2, -0.15) is 0 Å². The van der Waals surface area contributed by atoms with Gasteiger partial charge in [0.2, 0.25) is 0 Å². The summed E-state index contributed by atoms with van der Waals surface area (Å²) in [6.45, 7) is 11.4. The minimum absolute atomic E-state index is 0.263. The van der Waals surface area contributed by atoms with Gasteiger partial charge in [0.15, 0.2) is 11.0 Å². The fourth-order valence-corrected chi connectivity index (χ4v) is 4.98. The van der Waals surface area contributed by atoms with Gasteiger partial charge < -0.3 is 19.4 Å². The van der Waals surface area contributed by atoms with E-state index in [0.29, 0.717) is 6.54 Å². The molecule has 2 aliphatic heterocycles. The molecule has 1 aromatic carbocycles. The Kier molecular flexibility index (Phi) is 7.65. The lowest BCUT2D eigenvalue weighted by atomic mass is 10.1. The lowest BCUT2D eigenvalue weighted by Crippen LogP contribution is -2.37. The highest BCUT2D eigenvalue weighted by Gasteiger charge is 2.21. The van der Waals surface area contributed by atoms with Gasteiger partial charge in [-0.3, -0.25) is 4.90 Å². The van der Waals surface area contributed by atoms with Crippen LogP contribution in [0.5, 0.6) is 0 Å². The SMILES string of the molecule is Cc1ccc(NCc2nnc(SCCN3CCOCC3)n2C[C@H]2CCCO2)c(C)c1. The summed E-state index contributed by atoms with van der Waals surface area (Å²) in [6.07, 6.45) is 2.52. The number of aryl methyl sites for hydroxylation is 2. The van der Waals surface area contributed by atoms with Gasteiger partial charge in [0.25, 0.3) is 0 Å². The zero-order chi connectivity index (χ0) is 20.8. The second-order valence-corrected chi connectivity index (χ2v) is 9.18. The van der Waals surface area contributed by atoms with Crippen molar-refractivity contribution in [2.75, 3.05) is 50.5 Å². The maximum absolute atomic E-state index is 5.90. The molecule has 0 aliphatic carbocycles. The molecule has 2 fully saturated rings. The molecule has 0 radical (unpaired) electrons. The Hall–Kier alpha value is -1.61. The van der Waals surface area contributed by atoms with Gasteiger partial charge >= 0.3 is 0 Å². The topological polar surface area (TPSA) is 64.4 Å². The van der Waals surface area contributed by atoms with Crippen LogP contribution in [0.1, 0.15) is 29.8 Å². The van der Waals surface area contributed by atoms with Crippen molar-refractivity contribution < 1.29 is 9.47 Å². The average molecular weight is 432 g/mol. The van der Waals surface area contributed by atoms with Crippen molar-refractivity contribution in [2.24, 2.45) is 0 Å². The summed E-state index contributed by atoms with van der Waals surface area (Å²) in [6, 6.07) is 6.48. The molecular formula is C22H33N5O2S. The lowest BCUT2D eigenvalue weighted by Gasteiger charge is -2.26. The first-order valence-electron chi connectivity index (χ1n) is 11.0. The monoisotopic (exact) mass is 431 g/mol. The molecule has 7 nitrogen and oxygen atoms in total. The number of nitrogens with zero attached hydrogens (tertiary/aromatic N) is 4. The molecule has 164 valence electrons. The van der Waals surface area contributed by atoms with Crippen molar-refractivity contribution in [3.05, 3.63) is 35.2 Å². The second-order valence-electron chi connectivity index (χ2n) is 8.12. The van der Waals surface area contributed by atoms with Gasteiger partial charge in [-0.05, 0) is 38.3 Å². The number of anilines is 1. The highest BCUT2D eigenvalue weighted by Crippen LogP contribution is 2.23. The molecule has 0 saturated carbocycles. The largest absolute Gasteiger partial charge is 0.379 e. The van der Waals surface area contributed by atoms with Gasteiger partial charge in [-0.25, -0.2) is 0 Å². The van der Waals surface area contributed by atoms with E-state index in [9.17, 15) is 0 Å². The Morgan fingerprint density at radius 2 is 2.03 bits per heavy atom. The normalized spacial score (nSPS) is 20.0. The van der Waals surface area contributed by atoms with Gasteiger partial charge in [-0.15, -0.1) is 10.2 Å². The number of hydrogen-bond donors (Lipinski definition) is 1. The number of benzene rings is 1. The minimum Gasteiger partial charge on any atom is -0.379 e. The summed E-state index contributed by atoms with van der Waals surface area (Å²) in [7, 11) is 0. The van der Waals surface area contributed by atoms with E-state index in [-0.39, 0.29) is 6.10 Å². The van der Waals surface area contributed by atoms with Crippen molar-refractivity contribution in [1.29, 1.82) is 0 Å². The van der Waals surface area contributed by atoms with Crippen LogP contribution in [0, 0.1) is 13.8 Å². The molecule has 30 heavy (non-hydrogen) atoms. The van der Waals surface area contributed by atoms with E-state index >= 15 is 0 Å². The number of ether oxygens (including phenoxy) is 2. The molecule has 0 spiro atoms. The fourth-order valence-electron chi connectivity index (χ4n) is 4.01. The van der Waals surface area contributed by atoms with Crippen LogP contribution >= 0.6 is 11.8 Å². The third-order valence-corrected chi connectivity index (χ3v) is 6.71. The molecule has 1 N–H and O–H groups in total. The van der Waals surface area contributed by atoms with Crippen LogP contribution in [0.3, 0.4) is 0 Å². The Morgan fingerprint density at radius 3 is 2.80 bits per heavy atom. The molecule has 2 aromatic rings. The lowest BCUT2D eigenvalue weighted by molar-refractivity contribution is 0.0410. The molecule has 0 unspecified atom stereocenters. The van der Waals surface area contributed by atoms with E-state index in [4.69, 9.17) is 9.47 Å². The van der Waals surface area contributed by atoms with Crippen molar-refractivity contribution >= 4 is 17.4 Å². The zero-order valence-corrected chi connectivity index (χ0v) is 18.9. The van der Waals surface area contributed by atoms with Gasteiger partial charge in [0.1, 0.15) is 0 Å². The fraction of sp³-hybridized carbons (Fsp3) is 0.636. The maximum Gasteiger partial charge on any atom is 0.191 e. The molecule has 0 amide bonds. The third kappa shape index (κ3) is 5.75. The van der Waals surface area contributed by atoms with E-state index in [1.807, 2.05) is 0 Å². The first kappa shape index (κ1) is 21.6. The second kappa shape index (κ2) is 10.6. The predicted octanol–water partition coefficient (Wildman–Crippen LogP) is 3.11. The summed E-state index contributed by atoms with van der Waals surface area (Å²) < 4.78 is 13.6. The third-order valence-electron chi connectivity index (χ3n) is 5.76. The molecule has 0 bridgehead atoms. The number of nitrogens with one attached hydrogen (secondary N) is 1. The first-order chi connectivity index (χ1) is 14.7. The number of thioether (sulfide) groups is 1. The van der Waals surface area contributed by atoms with Crippen molar-refractivity contribution in [1.82, 2.24) is 19.7 Å². The van der Waals surface area contributed by atoms with Gasteiger partial charge in [-0.1, -0.05) is 29.5 Å². The van der Waals surface area contributed by atoms with Crippen molar-refractivity contribution in [3.8, 4) is 0 Å². The molecule has 1 atom stereocenters. The molecule has 3 heterocycles. The molecule has 2 saturated heterocycles. The Labute approximate surface area is 183 Å². The number of hydrogen-bond acceptors (Lipinski definition) is 7. The highest BCUT2D eigenvalue weighted by atomic mass is 32.2. The van der Waals surface area contributed by atoms with Crippen LogP contribution in [0.4, 0.5) is 5.69 Å². The van der Waals surface area contributed by atoms with Crippen LogP contribution < -0.4 is 5.32 Å². The molecule has 1 aromatic heterocycles. The maximum atomic E-state index is 5.90. The molecule has 2 aliphatic rings. The number of rotatable bonds is 9. The summed E-state index contributed by atoms with van der Waals surface area (Å²) in [5, 5.41) is 13.6. The van der Waals surface area contributed by atoms with Crippen LogP contribution in [0.25, 0.3) is 0 Å². The quantitative estimate of drug-likeness (QED) is 0.612. The van der Waals surface area contributed by atoms with E-state index in [0.717, 1.165) is 81.3 Å². The summed E-state index contributed by atoms with van der Waals surface area (Å²) in [4.78, 5) is 2.46. The zero-order valence-electron chi connectivity index (χ0n) is 18.1. The predicted molar refractivity (Wildman–Crippen MR) is 120 cm³/mol. The van der Waals surface area contributed by atoms with E-state index in [1.54, 1.807) is 11.8 Å².